The summed E-state index contributed by atoms with van der Waals surface area (Å²) in [5.41, 5.74) is 2.12. The van der Waals surface area contributed by atoms with Gasteiger partial charge in [-0.05, 0) is 48.4 Å². The monoisotopic (exact) mass is 346 g/mol. The van der Waals surface area contributed by atoms with Gasteiger partial charge in [0.1, 0.15) is 5.75 Å². The summed E-state index contributed by atoms with van der Waals surface area (Å²) in [4.78, 5) is 12.3. The Labute approximate surface area is 140 Å². The van der Waals surface area contributed by atoms with E-state index in [0.717, 1.165) is 5.56 Å². The fourth-order valence-electron chi connectivity index (χ4n) is 2.58. The molecule has 6 nitrogen and oxygen atoms in total. The largest absolute Gasteiger partial charge is 0.497 e. The molecule has 1 aliphatic heterocycles. The Balaban J connectivity index is 1.60. The summed E-state index contributed by atoms with van der Waals surface area (Å²) in [5, 5.41) is 5.71. The first-order chi connectivity index (χ1) is 11.5. The number of carbonyl (C=O) groups excluding carboxylic acids is 1. The van der Waals surface area contributed by atoms with Crippen molar-refractivity contribution in [1.82, 2.24) is 0 Å². The SMILES string of the molecule is COc1ccc(NC(=O)CNc2ccc3c(c2)S(=O)(=O)CC3)cc1. The number of aryl methyl sites for hydroxylation is 1. The van der Waals surface area contributed by atoms with E-state index in [1.807, 2.05) is 0 Å². The molecule has 7 heteroatoms. The summed E-state index contributed by atoms with van der Waals surface area (Å²) < 4.78 is 28.9. The highest BCUT2D eigenvalue weighted by Crippen LogP contribution is 2.28. The van der Waals surface area contributed by atoms with Crippen molar-refractivity contribution in [1.29, 1.82) is 0 Å². The van der Waals surface area contributed by atoms with Crippen LogP contribution < -0.4 is 15.4 Å². The molecule has 2 aromatic carbocycles. The minimum Gasteiger partial charge on any atom is -0.497 e. The highest BCUT2D eigenvalue weighted by molar-refractivity contribution is 7.91. The van der Waals surface area contributed by atoms with E-state index in [2.05, 4.69) is 10.6 Å². The summed E-state index contributed by atoms with van der Waals surface area (Å²) in [5.74, 6) is 0.651. The molecule has 0 saturated carbocycles. The molecule has 0 fully saturated rings. The van der Waals surface area contributed by atoms with E-state index in [1.165, 1.54) is 0 Å². The molecule has 1 amide bonds. The van der Waals surface area contributed by atoms with Gasteiger partial charge in [-0.25, -0.2) is 8.42 Å². The lowest BCUT2D eigenvalue weighted by Crippen LogP contribution is -2.21. The zero-order valence-corrected chi connectivity index (χ0v) is 14.0. The first-order valence-corrected chi connectivity index (χ1v) is 9.16. The Morgan fingerprint density at radius 1 is 1.12 bits per heavy atom. The molecule has 0 spiro atoms. The van der Waals surface area contributed by atoms with Crippen LogP contribution in [0, 0.1) is 0 Å². The number of benzene rings is 2. The first-order valence-electron chi connectivity index (χ1n) is 7.51. The van der Waals surface area contributed by atoms with Crippen LogP contribution in [-0.4, -0.2) is 33.7 Å². The molecule has 1 heterocycles. The van der Waals surface area contributed by atoms with Crippen molar-refractivity contribution in [2.24, 2.45) is 0 Å². The summed E-state index contributed by atoms with van der Waals surface area (Å²) in [6, 6.07) is 12.2. The smallest absolute Gasteiger partial charge is 0.243 e. The van der Waals surface area contributed by atoms with Gasteiger partial charge in [0.25, 0.3) is 0 Å². The third-order valence-electron chi connectivity index (χ3n) is 3.87. The van der Waals surface area contributed by atoms with E-state index in [9.17, 15) is 13.2 Å². The average molecular weight is 346 g/mol. The Morgan fingerprint density at radius 2 is 1.83 bits per heavy atom. The Kier molecular flexibility index (Phi) is 4.44. The number of rotatable bonds is 5. The molecular formula is C17H18N2O4S. The second kappa shape index (κ2) is 6.52. The molecular weight excluding hydrogens is 328 g/mol. The number of ether oxygens (including phenoxy) is 1. The van der Waals surface area contributed by atoms with Crippen molar-refractivity contribution >= 4 is 27.1 Å². The molecule has 0 saturated heterocycles. The minimum absolute atomic E-state index is 0.0465. The fourth-order valence-corrected chi connectivity index (χ4v) is 4.16. The van der Waals surface area contributed by atoms with Crippen LogP contribution in [0.15, 0.2) is 47.4 Å². The van der Waals surface area contributed by atoms with Crippen molar-refractivity contribution in [3.63, 3.8) is 0 Å². The maximum atomic E-state index is 12.0. The van der Waals surface area contributed by atoms with Crippen LogP contribution >= 0.6 is 0 Å². The molecule has 126 valence electrons. The number of carbonyl (C=O) groups is 1. The van der Waals surface area contributed by atoms with Gasteiger partial charge in [-0.2, -0.15) is 0 Å². The van der Waals surface area contributed by atoms with E-state index in [4.69, 9.17) is 4.74 Å². The maximum Gasteiger partial charge on any atom is 0.243 e. The first kappa shape index (κ1) is 16.3. The van der Waals surface area contributed by atoms with E-state index in [-0.39, 0.29) is 18.2 Å². The van der Waals surface area contributed by atoms with Crippen LogP contribution in [0.4, 0.5) is 11.4 Å². The van der Waals surface area contributed by atoms with Crippen molar-refractivity contribution < 1.29 is 17.9 Å². The number of methoxy groups -OCH3 is 1. The molecule has 0 radical (unpaired) electrons. The molecule has 1 aliphatic rings. The van der Waals surface area contributed by atoms with Crippen LogP contribution in [0.1, 0.15) is 5.56 Å². The van der Waals surface area contributed by atoms with Gasteiger partial charge < -0.3 is 15.4 Å². The highest BCUT2D eigenvalue weighted by atomic mass is 32.2. The van der Waals surface area contributed by atoms with Crippen LogP contribution in [0.3, 0.4) is 0 Å². The zero-order valence-electron chi connectivity index (χ0n) is 13.2. The normalized spacial score (nSPS) is 14.7. The van der Waals surface area contributed by atoms with Crippen molar-refractivity contribution in [3.8, 4) is 5.75 Å². The predicted molar refractivity (Wildman–Crippen MR) is 92.3 cm³/mol. The van der Waals surface area contributed by atoms with E-state index in [1.54, 1.807) is 49.6 Å². The lowest BCUT2D eigenvalue weighted by Gasteiger charge is -2.09. The number of nitrogens with one attached hydrogen (secondary N) is 2. The van der Waals surface area contributed by atoms with Gasteiger partial charge in [-0.15, -0.1) is 0 Å². The van der Waals surface area contributed by atoms with E-state index >= 15 is 0 Å². The van der Waals surface area contributed by atoms with Gasteiger partial charge in [-0.3, -0.25) is 4.79 Å². The van der Waals surface area contributed by atoms with Crippen molar-refractivity contribution in [3.05, 3.63) is 48.0 Å². The van der Waals surface area contributed by atoms with Gasteiger partial charge in [0, 0.05) is 11.4 Å². The quantitative estimate of drug-likeness (QED) is 0.866. The Hall–Kier alpha value is -2.54. The molecule has 0 unspecified atom stereocenters. The van der Waals surface area contributed by atoms with Gasteiger partial charge in [-0.1, -0.05) is 6.07 Å². The molecule has 0 bridgehead atoms. The molecule has 0 atom stereocenters. The second-order valence-electron chi connectivity index (χ2n) is 5.52. The van der Waals surface area contributed by atoms with Crippen molar-refractivity contribution in [2.45, 2.75) is 11.3 Å². The zero-order chi connectivity index (χ0) is 17.2. The lowest BCUT2D eigenvalue weighted by molar-refractivity contribution is -0.114. The van der Waals surface area contributed by atoms with Crippen molar-refractivity contribution in [2.75, 3.05) is 30.0 Å². The van der Waals surface area contributed by atoms with E-state index in [0.29, 0.717) is 28.4 Å². The molecule has 3 rings (SSSR count). The molecule has 2 N–H and O–H groups in total. The summed E-state index contributed by atoms with van der Waals surface area (Å²) in [7, 11) is -1.60. The highest BCUT2D eigenvalue weighted by Gasteiger charge is 2.26. The number of sulfone groups is 1. The van der Waals surface area contributed by atoms with Crippen LogP contribution in [-0.2, 0) is 21.1 Å². The number of hydrogen-bond acceptors (Lipinski definition) is 5. The molecule has 2 aromatic rings. The topological polar surface area (TPSA) is 84.5 Å². The van der Waals surface area contributed by atoms with Gasteiger partial charge >= 0.3 is 0 Å². The van der Waals surface area contributed by atoms with Gasteiger partial charge in [0.05, 0.1) is 24.3 Å². The van der Waals surface area contributed by atoms with Gasteiger partial charge in [0.2, 0.25) is 5.91 Å². The summed E-state index contributed by atoms with van der Waals surface area (Å²) in [6.07, 6.45) is 0.551. The average Bonchev–Trinajstić information content (AvgIpc) is 2.89. The number of amides is 1. The number of fused-ring (bicyclic) bond motifs is 1. The van der Waals surface area contributed by atoms with Crippen LogP contribution in [0.25, 0.3) is 0 Å². The second-order valence-corrected chi connectivity index (χ2v) is 7.60. The number of hydrogen-bond donors (Lipinski definition) is 2. The Morgan fingerprint density at radius 3 is 2.54 bits per heavy atom. The van der Waals surface area contributed by atoms with E-state index < -0.39 is 9.84 Å². The third-order valence-corrected chi connectivity index (χ3v) is 5.66. The van der Waals surface area contributed by atoms with Crippen LogP contribution in [0.2, 0.25) is 0 Å². The van der Waals surface area contributed by atoms with Gasteiger partial charge in [0.15, 0.2) is 9.84 Å². The number of anilines is 2. The standard InChI is InChI=1S/C17H18N2O4S/c1-23-15-6-4-13(5-7-15)19-17(20)11-18-14-3-2-12-8-9-24(21,22)16(12)10-14/h2-7,10,18H,8-9,11H2,1H3,(H,19,20). The predicted octanol–water partition coefficient (Wildman–Crippen LogP) is 2.08. The third kappa shape index (κ3) is 3.51. The summed E-state index contributed by atoms with van der Waals surface area (Å²) in [6.45, 7) is 0.0465. The maximum absolute atomic E-state index is 12.0. The molecule has 0 aromatic heterocycles. The van der Waals surface area contributed by atoms with Crippen LogP contribution in [0.5, 0.6) is 5.75 Å². The lowest BCUT2D eigenvalue weighted by atomic mass is 10.1. The summed E-state index contributed by atoms with van der Waals surface area (Å²) >= 11 is 0. The molecule has 0 aliphatic carbocycles. The minimum atomic E-state index is -3.17. The Bertz CT molecular complexity index is 861. The molecule has 24 heavy (non-hydrogen) atoms. The fraction of sp³-hybridized carbons (Fsp3) is 0.235.